The van der Waals surface area contributed by atoms with Crippen LogP contribution in [0.3, 0.4) is 0 Å². The molecule has 0 radical (unpaired) electrons. The monoisotopic (exact) mass is 325 g/mol. The molecule has 1 aromatic carbocycles. The molecule has 0 bridgehead atoms. The fourth-order valence-corrected chi connectivity index (χ4v) is 3.66. The van der Waals surface area contributed by atoms with Crippen LogP contribution in [-0.4, -0.2) is 15.7 Å². The Hall–Kier alpha value is -2.10. The van der Waals surface area contributed by atoms with Gasteiger partial charge >= 0.3 is 0 Å². The number of nitrogens with one attached hydrogen (secondary N) is 1. The van der Waals surface area contributed by atoms with E-state index in [1.165, 1.54) is 32.1 Å². The van der Waals surface area contributed by atoms with Gasteiger partial charge in [-0.25, -0.2) is 0 Å². The SMILES string of the molecule is CC(C)C(C(=O)Nc1ccn(C2CCCCC2)n1)c1ccccc1. The molecule has 0 aliphatic heterocycles. The second-order valence-corrected chi connectivity index (χ2v) is 7.09. The predicted octanol–water partition coefficient (Wildman–Crippen LogP) is 4.77. The maximum Gasteiger partial charge on any atom is 0.233 e. The second-order valence-electron chi connectivity index (χ2n) is 7.09. The molecule has 1 saturated carbocycles. The van der Waals surface area contributed by atoms with Gasteiger partial charge in [0.2, 0.25) is 5.91 Å². The maximum absolute atomic E-state index is 12.8. The van der Waals surface area contributed by atoms with Gasteiger partial charge in [-0.1, -0.05) is 63.4 Å². The summed E-state index contributed by atoms with van der Waals surface area (Å²) < 4.78 is 2.03. The Morgan fingerprint density at radius 1 is 1.12 bits per heavy atom. The molecule has 0 saturated heterocycles. The lowest BCUT2D eigenvalue weighted by Crippen LogP contribution is -2.25. The largest absolute Gasteiger partial charge is 0.309 e. The molecule has 1 amide bonds. The standard InChI is InChI=1S/C20H27N3O/c1-15(2)19(16-9-5-3-6-10-16)20(24)21-18-13-14-23(22-18)17-11-7-4-8-12-17/h3,5-6,9-10,13-15,17,19H,4,7-8,11-12H2,1-2H3,(H,21,22,24). The highest BCUT2D eigenvalue weighted by molar-refractivity contribution is 5.95. The summed E-state index contributed by atoms with van der Waals surface area (Å²) in [4.78, 5) is 12.8. The van der Waals surface area contributed by atoms with Crippen LogP contribution < -0.4 is 5.32 Å². The van der Waals surface area contributed by atoms with E-state index in [0.29, 0.717) is 11.9 Å². The van der Waals surface area contributed by atoms with Crippen molar-refractivity contribution in [2.75, 3.05) is 5.32 Å². The number of aromatic nitrogens is 2. The molecule has 24 heavy (non-hydrogen) atoms. The number of anilines is 1. The molecular formula is C20H27N3O. The topological polar surface area (TPSA) is 46.9 Å². The van der Waals surface area contributed by atoms with Crippen LogP contribution in [0.1, 0.15) is 63.5 Å². The summed E-state index contributed by atoms with van der Waals surface area (Å²) in [6, 6.07) is 12.4. The van der Waals surface area contributed by atoms with E-state index in [4.69, 9.17) is 0 Å². The van der Waals surface area contributed by atoms with E-state index >= 15 is 0 Å². The number of amides is 1. The summed E-state index contributed by atoms with van der Waals surface area (Å²) in [6.45, 7) is 4.16. The molecule has 1 heterocycles. The van der Waals surface area contributed by atoms with E-state index in [1.54, 1.807) is 0 Å². The van der Waals surface area contributed by atoms with Gasteiger partial charge in [-0.05, 0) is 24.3 Å². The van der Waals surface area contributed by atoms with Crippen molar-refractivity contribution in [1.29, 1.82) is 0 Å². The van der Waals surface area contributed by atoms with E-state index in [1.807, 2.05) is 47.3 Å². The Balaban J connectivity index is 1.70. The summed E-state index contributed by atoms with van der Waals surface area (Å²) in [5.41, 5.74) is 1.05. The maximum atomic E-state index is 12.8. The van der Waals surface area contributed by atoms with Crippen LogP contribution in [-0.2, 0) is 4.79 Å². The first-order chi connectivity index (χ1) is 11.6. The van der Waals surface area contributed by atoms with Gasteiger partial charge in [0.05, 0.1) is 12.0 Å². The van der Waals surface area contributed by atoms with Crippen molar-refractivity contribution >= 4 is 11.7 Å². The molecular weight excluding hydrogens is 298 g/mol. The molecule has 1 aliphatic rings. The number of nitrogens with zero attached hydrogens (tertiary/aromatic N) is 2. The van der Waals surface area contributed by atoms with E-state index in [-0.39, 0.29) is 17.7 Å². The van der Waals surface area contributed by atoms with Gasteiger partial charge in [-0.2, -0.15) is 5.10 Å². The molecule has 1 aliphatic carbocycles. The fraction of sp³-hybridized carbons (Fsp3) is 0.500. The number of hydrogen-bond acceptors (Lipinski definition) is 2. The van der Waals surface area contributed by atoms with Gasteiger partial charge < -0.3 is 5.32 Å². The van der Waals surface area contributed by atoms with Crippen LogP contribution in [0.4, 0.5) is 5.82 Å². The van der Waals surface area contributed by atoms with Gasteiger partial charge in [-0.15, -0.1) is 0 Å². The summed E-state index contributed by atoms with van der Waals surface area (Å²) in [7, 11) is 0. The Morgan fingerprint density at radius 2 is 1.83 bits per heavy atom. The average molecular weight is 325 g/mol. The van der Waals surface area contributed by atoms with E-state index in [0.717, 1.165) is 5.56 Å². The third kappa shape index (κ3) is 3.86. The van der Waals surface area contributed by atoms with Crippen molar-refractivity contribution in [2.45, 2.75) is 57.9 Å². The van der Waals surface area contributed by atoms with Crippen molar-refractivity contribution in [1.82, 2.24) is 9.78 Å². The summed E-state index contributed by atoms with van der Waals surface area (Å²) in [5.74, 6) is 0.746. The van der Waals surface area contributed by atoms with Gasteiger partial charge in [0.15, 0.2) is 5.82 Å². The highest BCUT2D eigenvalue weighted by atomic mass is 16.2. The number of carbonyl (C=O) groups excluding carboxylic acids is 1. The van der Waals surface area contributed by atoms with Gasteiger partial charge in [0.25, 0.3) is 0 Å². The van der Waals surface area contributed by atoms with Gasteiger partial charge in [-0.3, -0.25) is 9.48 Å². The Morgan fingerprint density at radius 3 is 2.50 bits per heavy atom. The molecule has 0 spiro atoms. The molecule has 128 valence electrons. The summed E-state index contributed by atoms with van der Waals surface area (Å²) in [6.07, 6.45) is 8.25. The molecule has 1 atom stereocenters. The Labute approximate surface area is 144 Å². The molecule has 1 aromatic heterocycles. The number of carbonyl (C=O) groups is 1. The zero-order valence-corrected chi connectivity index (χ0v) is 14.6. The Kier molecular flexibility index (Phi) is 5.34. The highest BCUT2D eigenvalue weighted by Crippen LogP contribution is 2.29. The summed E-state index contributed by atoms with van der Waals surface area (Å²) in [5, 5.41) is 7.60. The highest BCUT2D eigenvalue weighted by Gasteiger charge is 2.25. The minimum Gasteiger partial charge on any atom is -0.309 e. The zero-order valence-electron chi connectivity index (χ0n) is 14.6. The van der Waals surface area contributed by atoms with Crippen molar-refractivity contribution in [3.8, 4) is 0 Å². The molecule has 4 heteroatoms. The van der Waals surface area contributed by atoms with Crippen molar-refractivity contribution < 1.29 is 4.79 Å². The number of hydrogen-bond donors (Lipinski definition) is 1. The molecule has 3 rings (SSSR count). The van der Waals surface area contributed by atoms with E-state index in [9.17, 15) is 4.79 Å². The van der Waals surface area contributed by atoms with Crippen LogP contribution in [0, 0.1) is 5.92 Å². The van der Waals surface area contributed by atoms with Crippen LogP contribution >= 0.6 is 0 Å². The normalized spacial score (nSPS) is 17.0. The first-order valence-corrected chi connectivity index (χ1v) is 9.06. The minimum absolute atomic E-state index is 0.0186. The third-order valence-corrected chi connectivity index (χ3v) is 4.92. The van der Waals surface area contributed by atoms with Crippen molar-refractivity contribution in [3.05, 3.63) is 48.2 Å². The lowest BCUT2D eigenvalue weighted by molar-refractivity contribution is -0.118. The zero-order chi connectivity index (χ0) is 16.9. The predicted molar refractivity (Wildman–Crippen MR) is 97.0 cm³/mol. The van der Waals surface area contributed by atoms with Crippen molar-refractivity contribution in [2.24, 2.45) is 5.92 Å². The number of benzene rings is 1. The van der Waals surface area contributed by atoms with Crippen LogP contribution in [0.25, 0.3) is 0 Å². The smallest absolute Gasteiger partial charge is 0.233 e. The second kappa shape index (κ2) is 7.65. The fourth-order valence-electron chi connectivity index (χ4n) is 3.66. The van der Waals surface area contributed by atoms with Gasteiger partial charge in [0, 0.05) is 12.3 Å². The lowest BCUT2D eigenvalue weighted by atomic mass is 9.88. The molecule has 1 fully saturated rings. The summed E-state index contributed by atoms with van der Waals surface area (Å²) >= 11 is 0. The quantitative estimate of drug-likeness (QED) is 0.861. The van der Waals surface area contributed by atoms with E-state index in [2.05, 4.69) is 24.3 Å². The van der Waals surface area contributed by atoms with Crippen LogP contribution in [0.15, 0.2) is 42.6 Å². The first-order valence-electron chi connectivity index (χ1n) is 9.06. The average Bonchev–Trinajstić information content (AvgIpc) is 3.05. The van der Waals surface area contributed by atoms with Gasteiger partial charge in [0.1, 0.15) is 0 Å². The first kappa shape index (κ1) is 16.7. The Bertz CT molecular complexity index is 657. The third-order valence-electron chi connectivity index (χ3n) is 4.92. The number of rotatable bonds is 5. The van der Waals surface area contributed by atoms with Crippen LogP contribution in [0.5, 0.6) is 0 Å². The van der Waals surface area contributed by atoms with Crippen molar-refractivity contribution in [3.63, 3.8) is 0 Å². The molecule has 1 N–H and O–H groups in total. The lowest BCUT2D eigenvalue weighted by Gasteiger charge is -2.22. The minimum atomic E-state index is -0.161. The molecule has 2 aromatic rings. The molecule has 4 nitrogen and oxygen atoms in total. The van der Waals surface area contributed by atoms with Crippen LogP contribution in [0.2, 0.25) is 0 Å². The molecule has 1 unspecified atom stereocenters. The van der Waals surface area contributed by atoms with E-state index < -0.39 is 0 Å².